The Balaban J connectivity index is 3.40. The van der Waals surface area contributed by atoms with E-state index >= 15 is 0 Å². The molecular weight excluding hydrogens is 595 g/mol. The molecule has 1 aromatic heterocycles. The molecule has 0 aliphatic carbocycles. The molecule has 0 aliphatic heterocycles. The number of rotatable bonds is 26. The van der Waals surface area contributed by atoms with Crippen LogP contribution in [-0.4, -0.2) is 146 Å². The topological polar surface area (TPSA) is 139 Å². The summed E-state index contributed by atoms with van der Waals surface area (Å²) in [5.74, 6) is -3.44. The van der Waals surface area contributed by atoms with Crippen LogP contribution in [0.3, 0.4) is 0 Å². The molecule has 1 heterocycles. The van der Waals surface area contributed by atoms with Gasteiger partial charge < -0.3 is 24.5 Å². The highest BCUT2D eigenvalue weighted by Gasteiger charge is 2.43. The van der Waals surface area contributed by atoms with Crippen LogP contribution in [0.1, 0.15) is 59.1 Å². The second-order valence-corrected chi connectivity index (χ2v) is 11.9. The second-order valence-electron chi connectivity index (χ2n) is 11.6. The maximum absolute atomic E-state index is 13.2. The molecule has 45 heavy (non-hydrogen) atoms. The molecule has 1 rings (SSSR count). The van der Waals surface area contributed by atoms with Crippen molar-refractivity contribution in [2.24, 2.45) is 5.92 Å². The molecule has 0 aromatic carbocycles. The highest BCUT2D eigenvalue weighted by Crippen LogP contribution is 2.30. The van der Waals surface area contributed by atoms with Crippen molar-refractivity contribution < 1.29 is 28.7 Å². The standard InChI is InChI=1S/C29H54B2N7O6P/c1-8-32-17-25(39)16-29(43-27(41)21-36(6)10-3,44-28(42)22-37(7)11-4)15-23(18-35(5)9-2)19-38-20-24(33-34-38)13-12-14-26(40)30-31-45/h20,23,32H,8-19,21-22,45H2,1-7H3. The van der Waals surface area contributed by atoms with Crippen LogP contribution in [-0.2, 0) is 41.6 Å². The van der Waals surface area contributed by atoms with Crippen molar-refractivity contribution >= 4 is 46.6 Å². The molecule has 2 radical (unpaired) electrons. The van der Waals surface area contributed by atoms with E-state index in [1.165, 1.54) is 7.17 Å². The average Bonchev–Trinajstić information content (AvgIpc) is 3.42. The molecule has 0 bridgehead atoms. The molecule has 2 unspecified atom stereocenters. The highest BCUT2D eigenvalue weighted by atomic mass is 31.0. The van der Waals surface area contributed by atoms with Gasteiger partial charge in [-0.05, 0) is 72.5 Å². The molecule has 1 N–H and O–H groups in total. The number of hydrogen-bond donors (Lipinski definition) is 1. The van der Waals surface area contributed by atoms with E-state index in [1.807, 2.05) is 40.9 Å². The normalized spacial score (nSPS) is 12.4. The Hall–Kier alpha value is -2.18. The first-order chi connectivity index (χ1) is 21.4. The van der Waals surface area contributed by atoms with E-state index in [1.54, 1.807) is 35.5 Å². The maximum atomic E-state index is 13.2. The lowest BCUT2D eigenvalue weighted by Crippen LogP contribution is -2.49. The van der Waals surface area contributed by atoms with Crippen molar-refractivity contribution in [2.45, 2.75) is 72.1 Å². The number of esters is 2. The third-order valence-electron chi connectivity index (χ3n) is 7.40. The number of likely N-dealkylation sites (N-methyl/N-ethyl adjacent to an activating group) is 3. The van der Waals surface area contributed by atoms with Gasteiger partial charge in [-0.1, -0.05) is 32.9 Å². The first kappa shape index (κ1) is 40.8. The van der Waals surface area contributed by atoms with Gasteiger partial charge in [0.05, 0.1) is 37.4 Å². The van der Waals surface area contributed by atoms with E-state index in [4.69, 9.17) is 9.47 Å². The fourth-order valence-corrected chi connectivity index (χ4v) is 4.87. The number of nitrogens with one attached hydrogen (secondary N) is 1. The van der Waals surface area contributed by atoms with Crippen molar-refractivity contribution in [3.05, 3.63) is 11.9 Å². The third-order valence-corrected chi connectivity index (χ3v) is 7.59. The minimum atomic E-state index is -1.81. The summed E-state index contributed by atoms with van der Waals surface area (Å²) < 4.78 is 13.8. The Morgan fingerprint density at radius 2 is 1.60 bits per heavy atom. The SMILES string of the molecule is CCNCC(=O)CC(CC(CN(C)CC)Cn1cc(CCCC(=O)[B][B]P)nn1)(OC(=O)CN(C)CC)OC(=O)CN(C)CC. The van der Waals surface area contributed by atoms with Crippen molar-refractivity contribution in [3.63, 3.8) is 0 Å². The van der Waals surface area contributed by atoms with Crippen LogP contribution in [0.5, 0.6) is 0 Å². The number of aromatic nitrogens is 3. The van der Waals surface area contributed by atoms with Crippen molar-refractivity contribution in [1.82, 2.24) is 35.0 Å². The van der Waals surface area contributed by atoms with E-state index < -0.39 is 17.7 Å². The minimum Gasteiger partial charge on any atom is -0.421 e. The van der Waals surface area contributed by atoms with E-state index in [-0.39, 0.29) is 49.9 Å². The number of ether oxygens (including phenoxy) is 2. The van der Waals surface area contributed by atoms with Gasteiger partial charge in [-0.25, -0.2) is 0 Å². The molecular formula is C29H54B2N7O6P. The number of ketones is 1. The maximum Gasteiger partial charge on any atom is 0.323 e. The van der Waals surface area contributed by atoms with E-state index in [0.29, 0.717) is 52.0 Å². The summed E-state index contributed by atoms with van der Waals surface area (Å²) in [6.45, 7) is 12.9. The van der Waals surface area contributed by atoms with Crippen LogP contribution in [0.25, 0.3) is 0 Å². The van der Waals surface area contributed by atoms with Crippen molar-refractivity contribution in [1.29, 1.82) is 0 Å². The summed E-state index contributed by atoms with van der Waals surface area (Å²) in [5, 5.41) is 11.6. The number of aryl methyl sites for hydroxylation is 1. The molecule has 1 aromatic rings. The Morgan fingerprint density at radius 1 is 1.00 bits per heavy atom. The summed E-state index contributed by atoms with van der Waals surface area (Å²) in [7, 11) is 9.48. The molecule has 252 valence electrons. The molecule has 0 saturated carbocycles. The summed E-state index contributed by atoms with van der Waals surface area (Å²) >= 11 is 0. The van der Waals surface area contributed by atoms with Gasteiger partial charge in [0, 0.05) is 25.7 Å². The Morgan fingerprint density at radius 3 is 2.13 bits per heavy atom. The Kier molecular flexibility index (Phi) is 20.3. The molecule has 0 aliphatic rings. The number of carbonyl (C=O) groups excluding carboxylic acids is 4. The second kappa shape index (κ2) is 22.4. The molecule has 0 fully saturated rings. The summed E-state index contributed by atoms with van der Waals surface area (Å²) in [6.07, 6.45) is 3.32. The zero-order valence-corrected chi connectivity index (χ0v) is 29.6. The zero-order chi connectivity index (χ0) is 33.8. The van der Waals surface area contributed by atoms with Crippen molar-refractivity contribution in [2.75, 3.05) is 73.5 Å². The molecule has 0 spiro atoms. The summed E-state index contributed by atoms with van der Waals surface area (Å²) in [4.78, 5) is 57.2. The van der Waals surface area contributed by atoms with Gasteiger partial charge >= 0.3 is 11.9 Å². The lowest BCUT2D eigenvalue weighted by atomic mass is 9.50. The first-order valence-corrected chi connectivity index (χ1v) is 16.6. The van der Waals surface area contributed by atoms with Gasteiger partial charge in [-0.15, -0.1) is 5.10 Å². The van der Waals surface area contributed by atoms with E-state index in [2.05, 4.69) is 29.6 Å². The number of Topliss-reactive ketones (excluding diaryl/α,β-unsaturated/α-hetero) is 1. The predicted octanol–water partition coefficient (Wildman–Crippen LogP) is 0.454. The average molecular weight is 649 g/mol. The quantitative estimate of drug-likeness (QED) is 0.0646. The van der Waals surface area contributed by atoms with Crippen LogP contribution in [0.15, 0.2) is 6.20 Å². The van der Waals surface area contributed by atoms with Gasteiger partial charge in [0.2, 0.25) is 0 Å². The van der Waals surface area contributed by atoms with E-state index in [0.717, 1.165) is 12.2 Å². The highest BCUT2D eigenvalue weighted by molar-refractivity contribution is 7.70. The predicted molar refractivity (Wildman–Crippen MR) is 180 cm³/mol. The zero-order valence-electron chi connectivity index (χ0n) is 28.4. The van der Waals surface area contributed by atoms with Gasteiger partial charge in [0.25, 0.3) is 5.79 Å². The monoisotopic (exact) mass is 649 g/mol. The Bertz CT molecular complexity index is 1020. The van der Waals surface area contributed by atoms with Crippen LogP contribution < -0.4 is 5.32 Å². The third kappa shape index (κ3) is 17.4. The van der Waals surface area contributed by atoms with Crippen molar-refractivity contribution in [3.8, 4) is 0 Å². The van der Waals surface area contributed by atoms with E-state index in [9.17, 15) is 19.2 Å². The van der Waals surface area contributed by atoms with Gasteiger partial charge in [-0.3, -0.25) is 28.9 Å². The lowest BCUT2D eigenvalue weighted by Gasteiger charge is -2.37. The fourth-order valence-electron chi connectivity index (χ4n) is 4.66. The lowest BCUT2D eigenvalue weighted by molar-refractivity contribution is -0.237. The van der Waals surface area contributed by atoms with Crippen LogP contribution >= 0.6 is 9.12 Å². The number of hydrogen-bond acceptors (Lipinski definition) is 12. The fraction of sp³-hybridized carbons (Fsp3) is 0.793. The van der Waals surface area contributed by atoms with Crippen LogP contribution in [0.4, 0.5) is 0 Å². The minimum absolute atomic E-state index is 0.0204. The van der Waals surface area contributed by atoms with Gasteiger partial charge in [0.1, 0.15) is 6.89 Å². The van der Waals surface area contributed by atoms with Gasteiger partial charge in [-0.2, -0.15) is 9.12 Å². The van der Waals surface area contributed by atoms with Crippen LogP contribution in [0.2, 0.25) is 0 Å². The van der Waals surface area contributed by atoms with Crippen LogP contribution in [0, 0.1) is 5.92 Å². The summed E-state index contributed by atoms with van der Waals surface area (Å²) in [6, 6.07) is 0. The summed E-state index contributed by atoms with van der Waals surface area (Å²) in [5.41, 5.74) is 0.815. The largest absolute Gasteiger partial charge is 0.421 e. The van der Waals surface area contributed by atoms with Gasteiger partial charge in [0.15, 0.2) is 13.0 Å². The number of nitrogens with zero attached hydrogens (tertiary/aromatic N) is 6. The molecule has 16 heteroatoms. The first-order valence-electron chi connectivity index (χ1n) is 15.9. The molecule has 0 saturated heterocycles. The number of carbonyl (C=O) groups is 4. The molecule has 13 nitrogen and oxygen atoms in total. The molecule has 2 atom stereocenters. The molecule has 0 amide bonds. The smallest absolute Gasteiger partial charge is 0.323 e. The Labute approximate surface area is 273 Å².